The average molecular weight is 262 g/mol. The molecule has 0 saturated carbocycles. The van der Waals surface area contributed by atoms with Crippen LogP contribution in [0.1, 0.15) is 37.4 Å². The van der Waals surface area contributed by atoms with Crippen LogP contribution in [0.5, 0.6) is 0 Å². The molecule has 1 aliphatic rings. The zero-order valence-corrected chi connectivity index (χ0v) is 11.0. The Kier molecular flexibility index (Phi) is 4.68. The van der Waals surface area contributed by atoms with Crippen molar-refractivity contribution in [1.29, 1.82) is 0 Å². The van der Waals surface area contributed by atoms with Crippen LogP contribution in [0.3, 0.4) is 0 Å². The standard InChI is InChI=1S/C15H18O4/c1-18-15(17)10-14-12(16)8-5-9-13(19-14)11-6-3-2-4-7-11/h2-4,6-7,13-14H,5,8-10H2,1H3/t13-,14-/m0/s1. The monoisotopic (exact) mass is 262 g/mol. The minimum atomic E-state index is -0.680. The van der Waals surface area contributed by atoms with Crippen LogP contribution in [0, 0.1) is 0 Å². The number of methoxy groups -OCH3 is 1. The zero-order valence-electron chi connectivity index (χ0n) is 11.0. The molecule has 1 saturated heterocycles. The van der Waals surface area contributed by atoms with E-state index in [0.717, 1.165) is 18.4 Å². The van der Waals surface area contributed by atoms with Gasteiger partial charge in [-0.1, -0.05) is 30.3 Å². The van der Waals surface area contributed by atoms with Gasteiger partial charge in [0, 0.05) is 6.42 Å². The molecule has 0 aromatic heterocycles. The van der Waals surface area contributed by atoms with Crippen molar-refractivity contribution < 1.29 is 19.1 Å². The van der Waals surface area contributed by atoms with E-state index in [4.69, 9.17) is 4.74 Å². The number of ether oxygens (including phenoxy) is 2. The van der Waals surface area contributed by atoms with Crippen LogP contribution >= 0.6 is 0 Å². The summed E-state index contributed by atoms with van der Waals surface area (Å²) in [6.07, 6.45) is 1.25. The molecule has 4 heteroatoms. The summed E-state index contributed by atoms with van der Waals surface area (Å²) in [7, 11) is 1.32. The predicted molar refractivity (Wildman–Crippen MR) is 69.5 cm³/mol. The quantitative estimate of drug-likeness (QED) is 0.785. The Labute approximate surface area is 112 Å². The van der Waals surface area contributed by atoms with E-state index in [1.807, 2.05) is 30.3 Å². The normalized spacial score (nSPS) is 23.7. The Hall–Kier alpha value is -1.68. The number of ketones is 1. The van der Waals surface area contributed by atoms with E-state index in [2.05, 4.69) is 4.74 Å². The zero-order chi connectivity index (χ0) is 13.7. The van der Waals surface area contributed by atoms with Gasteiger partial charge in [-0.05, 0) is 18.4 Å². The highest BCUT2D eigenvalue weighted by Gasteiger charge is 2.29. The average Bonchev–Trinajstić information content (AvgIpc) is 2.62. The third-order valence-electron chi connectivity index (χ3n) is 3.33. The lowest BCUT2D eigenvalue weighted by Gasteiger charge is -2.20. The third kappa shape index (κ3) is 3.64. The Bertz CT molecular complexity index is 441. The maximum absolute atomic E-state index is 11.9. The van der Waals surface area contributed by atoms with Crippen molar-refractivity contribution in [1.82, 2.24) is 0 Å². The molecule has 102 valence electrons. The van der Waals surface area contributed by atoms with Gasteiger partial charge in [-0.25, -0.2) is 0 Å². The van der Waals surface area contributed by atoms with Gasteiger partial charge in [-0.3, -0.25) is 9.59 Å². The second-order valence-electron chi connectivity index (χ2n) is 4.66. The van der Waals surface area contributed by atoms with Gasteiger partial charge in [0.1, 0.15) is 6.10 Å². The van der Waals surface area contributed by atoms with E-state index in [9.17, 15) is 9.59 Å². The number of esters is 1. The van der Waals surface area contributed by atoms with E-state index in [-0.39, 0.29) is 18.3 Å². The maximum atomic E-state index is 11.9. The first-order valence-electron chi connectivity index (χ1n) is 6.50. The first-order valence-corrected chi connectivity index (χ1v) is 6.50. The fraction of sp³-hybridized carbons (Fsp3) is 0.467. The molecule has 1 heterocycles. The third-order valence-corrected chi connectivity index (χ3v) is 3.33. The molecule has 0 unspecified atom stereocenters. The lowest BCUT2D eigenvalue weighted by molar-refractivity contribution is -0.149. The summed E-state index contributed by atoms with van der Waals surface area (Å²) in [5.74, 6) is -0.420. The minimum absolute atomic E-state index is 0.00132. The summed E-state index contributed by atoms with van der Waals surface area (Å²) < 4.78 is 10.4. The Morgan fingerprint density at radius 1 is 1.37 bits per heavy atom. The summed E-state index contributed by atoms with van der Waals surface area (Å²) >= 11 is 0. The Morgan fingerprint density at radius 3 is 2.79 bits per heavy atom. The summed E-state index contributed by atoms with van der Waals surface area (Å²) in [5.41, 5.74) is 1.05. The van der Waals surface area contributed by atoms with Gasteiger partial charge in [-0.15, -0.1) is 0 Å². The van der Waals surface area contributed by atoms with Crippen LogP contribution < -0.4 is 0 Å². The molecule has 0 spiro atoms. The molecule has 0 amide bonds. The number of benzene rings is 1. The van der Waals surface area contributed by atoms with Gasteiger partial charge in [0.2, 0.25) is 0 Å². The lowest BCUT2D eigenvalue weighted by atomic mass is 10.0. The molecule has 0 aliphatic carbocycles. The molecule has 0 N–H and O–H groups in total. The molecule has 19 heavy (non-hydrogen) atoms. The fourth-order valence-electron chi connectivity index (χ4n) is 2.27. The van der Waals surface area contributed by atoms with E-state index >= 15 is 0 Å². The summed E-state index contributed by atoms with van der Waals surface area (Å²) in [6.45, 7) is 0. The largest absolute Gasteiger partial charge is 0.469 e. The number of hydrogen-bond acceptors (Lipinski definition) is 4. The van der Waals surface area contributed by atoms with E-state index in [0.29, 0.717) is 6.42 Å². The molecule has 2 atom stereocenters. The second kappa shape index (κ2) is 6.48. The van der Waals surface area contributed by atoms with Crippen molar-refractivity contribution in [2.75, 3.05) is 7.11 Å². The summed E-state index contributed by atoms with van der Waals surface area (Å²) in [6, 6.07) is 9.80. The summed E-state index contributed by atoms with van der Waals surface area (Å²) in [5, 5.41) is 0. The number of rotatable bonds is 3. The van der Waals surface area contributed by atoms with Crippen molar-refractivity contribution in [2.45, 2.75) is 37.9 Å². The van der Waals surface area contributed by atoms with Gasteiger partial charge in [0.15, 0.2) is 5.78 Å². The van der Waals surface area contributed by atoms with Crippen LogP contribution in [0.15, 0.2) is 30.3 Å². The first-order chi connectivity index (χ1) is 9.20. The minimum Gasteiger partial charge on any atom is -0.469 e. The van der Waals surface area contributed by atoms with Crippen LogP contribution in [-0.2, 0) is 19.1 Å². The van der Waals surface area contributed by atoms with E-state index in [1.54, 1.807) is 0 Å². The lowest BCUT2D eigenvalue weighted by Crippen LogP contribution is -2.27. The van der Waals surface area contributed by atoms with Gasteiger partial charge in [0.25, 0.3) is 0 Å². The van der Waals surface area contributed by atoms with Crippen LogP contribution in [0.25, 0.3) is 0 Å². The maximum Gasteiger partial charge on any atom is 0.308 e. The Balaban J connectivity index is 2.10. The highest BCUT2D eigenvalue weighted by atomic mass is 16.5. The van der Waals surface area contributed by atoms with Gasteiger partial charge in [-0.2, -0.15) is 0 Å². The molecule has 1 aliphatic heterocycles. The van der Waals surface area contributed by atoms with Crippen molar-refractivity contribution >= 4 is 11.8 Å². The molecule has 4 nitrogen and oxygen atoms in total. The molecular weight excluding hydrogens is 244 g/mol. The smallest absolute Gasteiger partial charge is 0.308 e. The summed E-state index contributed by atoms with van der Waals surface area (Å²) in [4.78, 5) is 23.2. The molecule has 0 radical (unpaired) electrons. The van der Waals surface area contributed by atoms with Gasteiger partial charge in [0.05, 0.1) is 19.6 Å². The first kappa shape index (κ1) is 13.7. The number of carbonyl (C=O) groups is 2. The van der Waals surface area contributed by atoms with Crippen LogP contribution in [-0.4, -0.2) is 25.0 Å². The molecule has 1 fully saturated rings. The van der Waals surface area contributed by atoms with E-state index in [1.165, 1.54) is 7.11 Å². The number of Topliss-reactive ketones (excluding diaryl/α,β-unsaturated/α-hetero) is 1. The predicted octanol–water partition coefficient (Wildman–Crippen LogP) is 2.43. The Morgan fingerprint density at radius 2 is 2.11 bits per heavy atom. The SMILES string of the molecule is COC(=O)C[C@@H]1O[C@H](c2ccccc2)CCCC1=O. The molecule has 0 bridgehead atoms. The van der Waals surface area contributed by atoms with Crippen molar-refractivity contribution in [2.24, 2.45) is 0 Å². The highest BCUT2D eigenvalue weighted by molar-refractivity contribution is 5.87. The fourth-order valence-corrected chi connectivity index (χ4v) is 2.27. The molecule has 2 rings (SSSR count). The molecule has 1 aromatic carbocycles. The second-order valence-corrected chi connectivity index (χ2v) is 4.66. The van der Waals surface area contributed by atoms with Gasteiger partial charge < -0.3 is 9.47 Å². The number of hydrogen-bond donors (Lipinski definition) is 0. The van der Waals surface area contributed by atoms with Crippen LogP contribution in [0.4, 0.5) is 0 Å². The molecule has 1 aromatic rings. The van der Waals surface area contributed by atoms with Crippen LogP contribution in [0.2, 0.25) is 0 Å². The van der Waals surface area contributed by atoms with Crippen molar-refractivity contribution in [3.05, 3.63) is 35.9 Å². The number of carbonyl (C=O) groups excluding carboxylic acids is 2. The topological polar surface area (TPSA) is 52.6 Å². The van der Waals surface area contributed by atoms with Crippen molar-refractivity contribution in [3.63, 3.8) is 0 Å². The molecular formula is C15H18O4. The van der Waals surface area contributed by atoms with Gasteiger partial charge >= 0.3 is 5.97 Å². The van der Waals surface area contributed by atoms with Crippen molar-refractivity contribution in [3.8, 4) is 0 Å². The highest BCUT2D eigenvalue weighted by Crippen LogP contribution is 2.29. The van der Waals surface area contributed by atoms with E-state index < -0.39 is 12.1 Å².